The van der Waals surface area contributed by atoms with Crippen molar-refractivity contribution in [2.45, 2.75) is 31.3 Å². The second-order valence-electron chi connectivity index (χ2n) is 5.11. The SMILES string of the molecule is COc1nn(CCCNS(=O)(=O)c2cnn(C(F)F)c2C)cc1[N+](=O)[O-]. The van der Waals surface area contributed by atoms with E-state index >= 15 is 0 Å². The Labute approximate surface area is 146 Å². The minimum absolute atomic E-state index is 0.0302. The first-order chi connectivity index (χ1) is 12.2. The van der Waals surface area contributed by atoms with Gasteiger partial charge >= 0.3 is 18.1 Å². The number of aromatic nitrogens is 4. The van der Waals surface area contributed by atoms with Gasteiger partial charge in [-0.3, -0.25) is 14.8 Å². The first kappa shape index (κ1) is 19.7. The van der Waals surface area contributed by atoms with E-state index in [1.807, 2.05) is 0 Å². The van der Waals surface area contributed by atoms with Gasteiger partial charge in [-0.2, -0.15) is 13.9 Å². The predicted molar refractivity (Wildman–Crippen MR) is 83.5 cm³/mol. The van der Waals surface area contributed by atoms with Crippen LogP contribution < -0.4 is 9.46 Å². The summed E-state index contributed by atoms with van der Waals surface area (Å²) in [6.07, 6.45) is 2.28. The zero-order chi connectivity index (χ0) is 19.5. The third-order valence-electron chi connectivity index (χ3n) is 3.43. The molecule has 144 valence electrons. The molecule has 0 amide bonds. The number of ether oxygens (including phenoxy) is 1. The maximum atomic E-state index is 12.7. The molecule has 1 N–H and O–H groups in total. The molecule has 0 spiro atoms. The van der Waals surface area contributed by atoms with Crippen molar-refractivity contribution in [3.05, 3.63) is 28.2 Å². The number of alkyl halides is 2. The maximum Gasteiger partial charge on any atom is 0.350 e. The lowest BCUT2D eigenvalue weighted by atomic mass is 10.4. The molecule has 2 aromatic heterocycles. The third-order valence-corrected chi connectivity index (χ3v) is 4.99. The molecule has 0 fully saturated rings. The van der Waals surface area contributed by atoms with Crippen LogP contribution in [0.15, 0.2) is 17.3 Å². The molecule has 0 aromatic carbocycles. The Balaban J connectivity index is 1.96. The summed E-state index contributed by atoms with van der Waals surface area (Å²) in [5.41, 5.74) is -0.483. The van der Waals surface area contributed by atoms with E-state index in [1.165, 1.54) is 24.9 Å². The fourth-order valence-electron chi connectivity index (χ4n) is 2.17. The smallest absolute Gasteiger partial charge is 0.350 e. The van der Waals surface area contributed by atoms with Crippen LogP contribution in [0.2, 0.25) is 0 Å². The van der Waals surface area contributed by atoms with Gasteiger partial charge in [-0.25, -0.2) is 17.8 Å². The van der Waals surface area contributed by atoms with Crippen molar-refractivity contribution in [2.24, 2.45) is 0 Å². The fraction of sp³-hybridized carbons (Fsp3) is 0.500. The number of hydrogen-bond donors (Lipinski definition) is 1. The molecule has 0 radical (unpaired) electrons. The molecule has 0 aliphatic heterocycles. The van der Waals surface area contributed by atoms with Crippen molar-refractivity contribution >= 4 is 15.7 Å². The minimum atomic E-state index is -4.01. The summed E-state index contributed by atoms with van der Waals surface area (Å²) in [6.45, 7) is -1.56. The number of methoxy groups -OCH3 is 1. The number of sulfonamides is 1. The zero-order valence-electron chi connectivity index (χ0n) is 13.8. The molecule has 2 rings (SSSR count). The Bertz CT molecular complexity index is 894. The Morgan fingerprint density at radius 2 is 2.15 bits per heavy atom. The summed E-state index contributed by atoms with van der Waals surface area (Å²) in [5.74, 6) is -0.148. The Morgan fingerprint density at radius 3 is 2.65 bits per heavy atom. The number of halogens is 2. The van der Waals surface area contributed by atoms with E-state index in [-0.39, 0.29) is 41.7 Å². The molecule has 14 heteroatoms. The van der Waals surface area contributed by atoms with Crippen LogP contribution in [-0.4, -0.2) is 46.6 Å². The lowest BCUT2D eigenvalue weighted by Crippen LogP contribution is -2.26. The summed E-state index contributed by atoms with van der Waals surface area (Å²) in [6, 6.07) is 0. The molecule has 0 saturated heterocycles. The van der Waals surface area contributed by atoms with Gasteiger partial charge in [0.2, 0.25) is 10.0 Å². The molecule has 0 bridgehead atoms. The number of nitrogens with zero attached hydrogens (tertiary/aromatic N) is 5. The van der Waals surface area contributed by atoms with Crippen LogP contribution in [0.1, 0.15) is 18.7 Å². The van der Waals surface area contributed by atoms with Crippen molar-refractivity contribution in [3.63, 3.8) is 0 Å². The van der Waals surface area contributed by atoms with Gasteiger partial charge in [0.1, 0.15) is 11.1 Å². The average molecular weight is 394 g/mol. The number of nitro groups is 1. The number of rotatable bonds is 9. The van der Waals surface area contributed by atoms with Gasteiger partial charge in [0.05, 0.1) is 23.9 Å². The number of nitrogens with one attached hydrogen (secondary N) is 1. The molecule has 2 aromatic rings. The van der Waals surface area contributed by atoms with Gasteiger partial charge in [0, 0.05) is 13.1 Å². The van der Waals surface area contributed by atoms with Gasteiger partial charge < -0.3 is 4.74 Å². The molecule has 0 saturated carbocycles. The normalized spacial score (nSPS) is 11.9. The molecule has 0 aliphatic rings. The average Bonchev–Trinajstić information content (AvgIpc) is 3.15. The molecule has 0 atom stereocenters. The van der Waals surface area contributed by atoms with E-state index in [1.54, 1.807) is 0 Å². The minimum Gasteiger partial charge on any atom is -0.475 e. The lowest BCUT2D eigenvalue weighted by molar-refractivity contribution is -0.385. The van der Waals surface area contributed by atoms with E-state index in [9.17, 15) is 27.3 Å². The standard InChI is InChI=1S/C12H16F2N6O5S/c1-8-10(6-15-19(8)12(13)14)26(23,24)16-4-3-5-18-7-9(20(21)22)11(17-18)25-2/h6-7,12,16H,3-5H2,1-2H3. The highest BCUT2D eigenvalue weighted by molar-refractivity contribution is 7.89. The van der Waals surface area contributed by atoms with E-state index in [4.69, 9.17) is 4.74 Å². The topological polar surface area (TPSA) is 134 Å². The first-order valence-corrected chi connectivity index (χ1v) is 8.73. The van der Waals surface area contributed by atoms with E-state index < -0.39 is 21.5 Å². The van der Waals surface area contributed by atoms with Crippen LogP contribution in [0.4, 0.5) is 14.5 Å². The van der Waals surface area contributed by atoms with Crippen molar-refractivity contribution < 1.29 is 26.9 Å². The van der Waals surface area contributed by atoms with E-state index in [2.05, 4.69) is 14.9 Å². The van der Waals surface area contributed by atoms with Crippen molar-refractivity contribution in [1.29, 1.82) is 0 Å². The monoisotopic (exact) mass is 394 g/mol. The third kappa shape index (κ3) is 4.13. The number of hydrogen-bond acceptors (Lipinski definition) is 7. The van der Waals surface area contributed by atoms with Gasteiger partial charge in [-0.15, -0.1) is 5.10 Å². The second-order valence-corrected chi connectivity index (χ2v) is 6.85. The van der Waals surface area contributed by atoms with Crippen LogP contribution in [0.25, 0.3) is 0 Å². The van der Waals surface area contributed by atoms with Crippen molar-refractivity contribution in [2.75, 3.05) is 13.7 Å². The highest BCUT2D eigenvalue weighted by Gasteiger charge is 2.23. The van der Waals surface area contributed by atoms with Crippen LogP contribution >= 0.6 is 0 Å². The Morgan fingerprint density at radius 1 is 1.46 bits per heavy atom. The van der Waals surface area contributed by atoms with Gasteiger partial charge in [0.25, 0.3) is 0 Å². The second kappa shape index (κ2) is 7.74. The molecule has 0 aliphatic carbocycles. The maximum absolute atomic E-state index is 12.7. The fourth-order valence-corrected chi connectivity index (χ4v) is 3.41. The summed E-state index contributed by atoms with van der Waals surface area (Å²) in [5, 5.41) is 18.0. The number of aryl methyl sites for hydroxylation is 1. The summed E-state index contributed by atoms with van der Waals surface area (Å²) in [7, 11) is -2.76. The van der Waals surface area contributed by atoms with Crippen molar-refractivity contribution in [3.8, 4) is 5.88 Å². The zero-order valence-corrected chi connectivity index (χ0v) is 14.6. The summed E-state index contributed by atoms with van der Waals surface area (Å²) < 4.78 is 58.2. The Hall–Kier alpha value is -2.61. The lowest BCUT2D eigenvalue weighted by Gasteiger charge is -2.07. The van der Waals surface area contributed by atoms with Gasteiger partial charge in [0.15, 0.2) is 0 Å². The van der Waals surface area contributed by atoms with Crippen LogP contribution in [-0.2, 0) is 16.6 Å². The summed E-state index contributed by atoms with van der Waals surface area (Å²) in [4.78, 5) is 9.83. The quantitative estimate of drug-likeness (QED) is 0.382. The van der Waals surface area contributed by atoms with Crippen LogP contribution in [0.5, 0.6) is 5.88 Å². The van der Waals surface area contributed by atoms with Crippen LogP contribution in [0, 0.1) is 17.0 Å². The first-order valence-electron chi connectivity index (χ1n) is 7.25. The molecular weight excluding hydrogens is 378 g/mol. The summed E-state index contributed by atoms with van der Waals surface area (Å²) >= 11 is 0. The molecule has 0 unspecified atom stereocenters. The van der Waals surface area contributed by atoms with Gasteiger partial charge in [-0.05, 0) is 13.3 Å². The molecule has 11 nitrogen and oxygen atoms in total. The van der Waals surface area contributed by atoms with Crippen molar-refractivity contribution in [1.82, 2.24) is 24.3 Å². The predicted octanol–water partition coefficient (Wildman–Crippen LogP) is 1.07. The van der Waals surface area contributed by atoms with E-state index in [0.717, 1.165) is 6.20 Å². The highest BCUT2D eigenvalue weighted by atomic mass is 32.2. The van der Waals surface area contributed by atoms with Gasteiger partial charge in [-0.1, -0.05) is 0 Å². The molecule has 2 heterocycles. The van der Waals surface area contributed by atoms with Crippen LogP contribution in [0.3, 0.4) is 0 Å². The van der Waals surface area contributed by atoms with E-state index in [0.29, 0.717) is 4.68 Å². The molecular formula is C12H16F2N6O5S. The largest absolute Gasteiger partial charge is 0.475 e. The highest BCUT2D eigenvalue weighted by Crippen LogP contribution is 2.24. The molecule has 26 heavy (non-hydrogen) atoms. The Kier molecular flexibility index (Phi) is 5.86.